The van der Waals surface area contributed by atoms with Gasteiger partial charge < -0.3 is 10.2 Å². The van der Waals surface area contributed by atoms with Gasteiger partial charge >= 0.3 is 6.03 Å². The Balaban J connectivity index is 2.37. The maximum Gasteiger partial charge on any atom is 0.325 e. The van der Waals surface area contributed by atoms with Crippen molar-refractivity contribution >= 4 is 61.9 Å². The van der Waals surface area contributed by atoms with Crippen molar-refractivity contribution in [2.75, 3.05) is 24.2 Å². The zero-order valence-corrected chi connectivity index (χ0v) is 17.2. The van der Waals surface area contributed by atoms with E-state index in [4.69, 9.17) is 12.2 Å². The number of carbonyl (C=O) groups is 2. The van der Waals surface area contributed by atoms with Gasteiger partial charge in [0.2, 0.25) is 5.91 Å². The highest BCUT2D eigenvalue weighted by molar-refractivity contribution is 9.10. The first-order valence-corrected chi connectivity index (χ1v) is 9.84. The summed E-state index contributed by atoms with van der Waals surface area (Å²) in [5, 5.41) is 4.97. The first-order chi connectivity index (χ1) is 11.4. The standard InChI is InChI=1S/C16H22BrN3O2S2/c1-4-20(5-2)16(23)24-9-8-14(21)19-15(22)18-13-7-6-11(3)10-12(13)17/h6-7,10H,4-5,8-9H2,1-3H3,(H2,18,19,21,22). The van der Waals surface area contributed by atoms with Crippen LogP contribution in [-0.4, -0.2) is 40.0 Å². The average molecular weight is 432 g/mol. The number of thiocarbonyl (C=S) groups is 1. The van der Waals surface area contributed by atoms with Crippen LogP contribution < -0.4 is 10.6 Å². The number of amides is 3. The molecule has 0 fully saturated rings. The Morgan fingerprint density at radius 1 is 1.29 bits per heavy atom. The third kappa shape index (κ3) is 7.19. The molecule has 0 bridgehead atoms. The lowest BCUT2D eigenvalue weighted by Crippen LogP contribution is -2.34. The fraction of sp³-hybridized carbons (Fsp3) is 0.438. The highest BCUT2D eigenvalue weighted by atomic mass is 79.9. The number of carbonyl (C=O) groups excluding carboxylic acids is 2. The fourth-order valence-electron chi connectivity index (χ4n) is 1.87. The predicted molar refractivity (Wildman–Crippen MR) is 109 cm³/mol. The molecule has 3 amide bonds. The van der Waals surface area contributed by atoms with Crippen LogP contribution in [0.15, 0.2) is 22.7 Å². The van der Waals surface area contributed by atoms with E-state index in [1.54, 1.807) is 6.07 Å². The van der Waals surface area contributed by atoms with Crippen LogP contribution in [0.4, 0.5) is 10.5 Å². The molecule has 1 rings (SSSR count). The summed E-state index contributed by atoms with van der Waals surface area (Å²) in [6.45, 7) is 7.73. The van der Waals surface area contributed by atoms with Crippen molar-refractivity contribution in [3.8, 4) is 0 Å². The van der Waals surface area contributed by atoms with Crippen LogP contribution >= 0.6 is 39.9 Å². The number of anilines is 1. The van der Waals surface area contributed by atoms with Crippen molar-refractivity contribution in [3.05, 3.63) is 28.2 Å². The van der Waals surface area contributed by atoms with E-state index in [0.717, 1.165) is 27.4 Å². The molecule has 0 radical (unpaired) electrons. The number of imide groups is 1. The van der Waals surface area contributed by atoms with E-state index in [2.05, 4.69) is 31.5 Å². The Morgan fingerprint density at radius 2 is 1.96 bits per heavy atom. The average Bonchev–Trinajstić information content (AvgIpc) is 2.51. The fourth-order valence-corrected chi connectivity index (χ4v) is 3.87. The molecule has 0 saturated heterocycles. The first kappa shape index (κ1) is 20.9. The number of thioether (sulfide) groups is 1. The van der Waals surface area contributed by atoms with Crippen molar-refractivity contribution in [2.45, 2.75) is 27.2 Å². The Kier molecular flexibility index (Phi) is 9.31. The van der Waals surface area contributed by atoms with E-state index in [1.165, 1.54) is 11.8 Å². The Bertz CT molecular complexity index is 607. The van der Waals surface area contributed by atoms with Gasteiger partial charge in [-0.2, -0.15) is 0 Å². The van der Waals surface area contributed by atoms with Gasteiger partial charge in [0.25, 0.3) is 0 Å². The second-order valence-electron chi connectivity index (χ2n) is 5.02. The summed E-state index contributed by atoms with van der Waals surface area (Å²) >= 11 is 10.1. The molecule has 1 aromatic carbocycles. The molecule has 2 N–H and O–H groups in total. The molecular weight excluding hydrogens is 410 g/mol. The SMILES string of the molecule is CCN(CC)C(=S)SCCC(=O)NC(=O)Nc1ccc(C)cc1Br. The zero-order valence-electron chi connectivity index (χ0n) is 14.0. The number of hydrogen-bond donors (Lipinski definition) is 2. The number of hydrogen-bond acceptors (Lipinski definition) is 4. The molecule has 24 heavy (non-hydrogen) atoms. The lowest BCUT2D eigenvalue weighted by Gasteiger charge is -2.20. The summed E-state index contributed by atoms with van der Waals surface area (Å²) in [6.07, 6.45) is 0.231. The maximum atomic E-state index is 11.9. The second kappa shape index (κ2) is 10.7. The minimum atomic E-state index is -0.541. The molecule has 0 spiro atoms. The van der Waals surface area contributed by atoms with Crippen molar-refractivity contribution in [3.63, 3.8) is 0 Å². The minimum Gasteiger partial charge on any atom is -0.358 e. The Labute approximate surface area is 161 Å². The van der Waals surface area contributed by atoms with Crippen LogP contribution in [0.2, 0.25) is 0 Å². The highest BCUT2D eigenvalue weighted by Crippen LogP contribution is 2.23. The van der Waals surface area contributed by atoms with E-state index < -0.39 is 6.03 Å². The van der Waals surface area contributed by atoms with Gasteiger partial charge in [-0.3, -0.25) is 10.1 Å². The minimum absolute atomic E-state index is 0.231. The summed E-state index contributed by atoms with van der Waals surface area (Å²) in [7, 11) is 0. The monoisotopic (exact) mass is 431 g/mol. The Morgan fingerprint density at radius 3 is 2.54 bits per heavy atom. The van der Waals surface area contributed by atoms with Gasteiger partial charge in [0.1, 0.15) is 4.32 Å². The maximum absolute atomic E-state index is 11.9. The van der Waals surface area contributed by atoms with Crippen LogP contribution in [0.25, 0.3) is 0 Å². The van der Waals surface area contributed by atoms with Gasteiger partial charge in [-0.05, 0) is 54.4 Å². The normalized spacial score (nSPS) is 10.2. The highest BCUT2D eigenvalue weighted by Gasteiger charge is 2.11. The van der Waals surface area contributed by atoms with Gasteiger partial charge in [0.15, 0.2) is 0 Å². The van der Waals surface area contributed by atoms with Crippen LogP contribution in [0.3, 0.4) is 0 Å². The number of halogens is 1. The molecule has 132 valence electrons. The van der Waals surface area contributed by atoms with Crippen molar-refractivity contribution in [2.24, 2.45) is 0 Å². The lowest BCUT2D eigenvalue weighted by molar-refractivity contribution is -0.119. The predicted octanol–water partition coefficient (Wildman–Crippen LogP) is 4.16. The molecule has 0 aromatic heterocycles. The molecule has 8 heteroatoms. The second-order valence-corrected chi connectivity index (χ2v) is 7.61. The lowest BCUT2D eigenvalue weighted by atomic mass is 10.2. The number of aryl methyl sites for hydroxylation is 1. The van der Waals surface area contributed by atoms with Gasteiger partial charge in [0.05, 0.1) is 5.69 Å². The first-order valence-electron chi connectivity index (χ1n) is 7.66. The number of rotatable bonds is 6. The van der Waals surface area contributed by atoms with Gasteiger partial charge in [0, 0.05) is 29.7 Å². The van der Waals surface area contributed by atoms with Crippen LogP contribution in [0.5, 0.6) is 0 Å². The van der Waals surface area contributed by atoms with E-state index in [9.17, 15) is 9.59 Å². The topological polar surface area (TPSA) is 61.4 Å². The summed E-state index contributed by atoms with van der Waals surface area (Å²) < 4.78 is 1.55. The zero-order chi connectivity index (χ0) is 18.1. The van der Waals surface area contributed by atoms with Crippen LogP contribution in [0.1, 0.15) is 25.8 Å². The molecule has 0 aliphatic heterocycles. The molecule has 0 atom stereocenters. The molecule has 0 aliphatic carbocycles. The number of nitrogens with zero attached hydrogens (tertiary/aromatic N) is 1. The molecule has 0 heterocycles. The number of benzene rings is 1. The molecule has 1 aromatic rings. The third-order valence-electron chi connectivity index (χ3n) is 3.20. The van der Waals surface area contributed by atoms with Crippen molar-refractivity contribution in [1.29, 1.82) is 0 Å². The van der Waals surface area contributed by atoms with E-state index in [1.807, 2.05) is 32.9 Å². The van der Waals surface area contributed by atoms with Gasteiger partial charge in [-0.15, -0.1) is 0 Å². The van der Waals surface area contributed by atoms with Gasteiger partial charge in [-0.25, -0.2) is 4.79 Å². The van der Waals surface area contributed by atoms with Crippen molar-refractivity contribution < 1.29 is 9.59 Å². The Hall–Kier alpha value is -1.12. The summed E-state index contributed by atoms with van der Waals surface area (Å²) in [5.74, 6) is 0.216. The molecule has 0 unspecified atom stereocenters. The number of nitrogens with one attached hydrogen (secondary N) is 2. The van der Waals surface area contributed by atoms with E-state index >= 15 is 0 Å². The summed E-state index contributed by atoms with van der Waals surface area (Å²) in [5.41, 5.74) is 1.69. The van der Waals surface area contributed by atoms with Crippen molar-refractivity contribution in [1.82, 2.24) is 10.2 Å². The molecular formula is C16H22BrN3O2S2. The van der Waals surface area contributed by atoms with E-state index in [-0.39, 0.29) is 12.3 Å². The molecule has 5 nitrogen and oxygen atoms in total. The summed E-state index contributed by atoms with van der Waals surface area (Å²) in [4.78, 5) is 25.7. The van der Waals surface area contributed by atoms with Crippen LogP contribution in [-0.2, 0) is 4.79 Å². The van der Waals surface area contributed by atoms with Crippen LogP contribution in [0, 0.1) is 6.92 Å². The van der Waals surface area contributed by atoms with Gasteiger partial charge in [-0.1, -0.05) is 30.0 Å². The quantitative estimate of drug-likeness (QED) is 0.662. The van der Waals surface area contributed by atoms with E-state index in [0.29, 0.717) is 11.4 Å². The molecule has 0 saturated carbocycles. The third-order valence-corrected chi connectivity index (χ3v) is 5.38. The molecule has 0 aliphatic rings. The number of urea groups is 1. The smallest absolute Gasteiger partial charge is 0.325 e. The largest absolute Gasteiger partial charge is 0.358 e. The summed E-state index contributed by atoms with van der Waals surface area (Å²) in [6, 6.07) is 5.01.